The van der Waals surface area contributed by atoms with Crippen molar-refractivity contribution >= 4 is 53.1 Å². The van der Waals surface area contributed by atoms with Crippen molar-refractivity contribution in [3.63, 3.8) is 0 Å². The Labute approximate surface area is 299 Å². The lowest BCUT2D eigenvalue weighted by atomic mass is 9.96. The van der Waals surface area contributed by atoms with Crippen molar-refractivity contribution in [1.29, 1.82) is 0 Å². The molecule has 8 aromatic carbocycles. The van der Waals surface area contributed by atoms with E-state index in [2.05, 4.69) is 140 Å². The second kappa shape index (κ2) is 12.1. The van der Waals surface area contributed by atoms with E-state index >= 15 is 0 Å². The Hall–Kier alpha value is -6.49. The second-order valence-electron chi connectivity index (χ2n) is 12.8. The Balaban J connectivity index is 1.14. The molecule has 0 atom stereocenters. The van der Waals surface area contributed by atoms with Gasteiger partial charge in [0.15, 0.2) is 17.5 Å². The maximum Gasteiger partial charge on any atom is 0.164 e. The summed E-state index contributed by atoms with van der Waals surface area (Å²) in [6.45, 7) is 0. The summed E-state index contributed by atoms with van der Waals surface area (Å²) in [6.07, 6.45) is 0. The Morgan fingerprint density at radius 1 is 0.333 bits per heavy atom. The van der Waals surface area contributed by atoms with Crippen LogP contribution < -0.4 is 0 Å². The zero-order chi connectivity index (χ0) is 33.7. The molecule has 0 saturated heterocycles. The summed E-state index contributed by atoms with van der Waals surface area (Å²) < 4.78 is 2.49. The van der Waals surface area contributed by atoms with Crippen molar-refractivity contribution in [2.24, 2.45) is 0 Å². The summed E-state index contributed by atoms with van der Waals surface area (Å²) in [7, 11) is 0. The highest BCUT2D eigenvalue weighted by Gasteiger charge is 2.19. The normalized spacial score (nSPS) is 11.5. The fraction of sp³-hybridized carbons (Fsp3) is 0. The zero-order valence-corrected chi connectivity index (χ0v) is 28.3. The van der Waals surface area contributed by atoms with Crippen molar-refractivity contribution in [3.8, 4) is 56.4 Å². The average molecular weight is 668 g/mol. The van der Waals surface area contributed by atoms with E-state index in [-0.39, 0.29) is 0 Å². The topological polar surface area (TPSA) is 38.7 Å². The lowest BCUT2D eigenvalue weighted by Gasteiger charge is -2.11. The summed E-state index contributed by atoms with van der Waals surface area (Å²) in [5.41, 5.74) is 7.81. The van der Waals surface area contributed by atoms with E-state index in [1.54, 1.807) is 0 Å². The fourth-order valence-electron chi connectivity index (χ4n) is 7.21. The molecular weight excluding hydrogens is 639 g/mol. The van der Waals surface area contributed by atoms with Gasteiger partial charge in [-0.3, -0.25) is 0 Å². The van der Waals surface area contributed by atoms with E-state index in [1.807, 2.05) is 47.7 Å². The monoisotopic (exact) mass is 667 g/mol. The predicted molar refractivity (Wildman–Crippen MR) is 215 cm³/mol. The minimum absolute atomic E-state index is 0.661. The maximum atomic E-state index is 5.11. The van der Waals surface area contributed by atoms with Gasteiger partial charge in [0, 0.05) is 36.9 Å². The predicted octanol–water partition coefficient (Wildman–Crippen LogP) is 12.9. The number of aromatic nitrogens is 3. The van der Waals surface area contributed by atoms with Crippen LogP contribution in [-0.2, 0) is 0 Å². The SMILES string of the molecule is c1ccc(-c2nc(-c3ccccc3)nc(-c3cc4sc5c(-c6ccc(-c7ccc8ccccc8c7)cc6)cccc5c4c4ccccc34)n2)cc1. The van der Waals surface area contributed by atoms with Crippen LogP contribution in [0, 0.1) is 0 Å². The third kappa shape index (κ3) is 5.16. The summed E-state index contributed by atoms with van der Waals surface area (Å²) in [5.74, 6) is 1.99. The molecule has 0 fully saturated rings. The molecule has 0 amide bonds. The molecule has 51 heavy (non-hydrogen) atoms. The van der Waals surface area contributed by atoms with Crippen LogP contribution in [0.15, 0.2) is 176 Å². The van der Waals surface area contributed by atoms with Crippen LogP contribution in [0.5, 0.6) is 0 Å². The van der Waals surface area contributed by atoms with E-state index in [4.69, 9.17) is 15.0 Å². The van der Waals surface area contributed by atoms with Crippen molar-refractivity contribution < 1.29 is 0 Å². The average Bonchev–Trinajstić information content (AvgIpc) is 3.60. The first-order valence-corrected chi connectivity index (χ1v) is 17.9. The molecule has 2 heterocycles. The molecule has 4 heteroatoms. The molecule has 0 aliphatic rings. The van der Waals surface area contributed by atoms with Crippen molar-refractivity contribution in [1.82, 2.24) is 15.0 Å². The number of hydrogen-bond donors (Lipinski definition) is 0. The smallest absolute Gasteiger partial charge is 0.164 e. The van der Waals surface area contributed by atoms with Gasteiger partial charge in [0.1, 0.15) is 0 Å². The van der Waals surface area contributed by atoms with Gasteiger partial charge in [-0.05, 0) is 55.9 Å². The largest absolute Gasteiger partial charge is 0.208 e. The van der Waals surface area contributed by atoms with Crippen molar-refractivity contribution in [3.05, 3.63) is 176 Å². The van der Waals surface area contributed by atoms with Gasteiger partial charge >= 0.3 is 0 Å². The van der Waals surface area contributed by atoms with Gasteiger partial charge in [-0.1, -0.05) is 164 Å². The third-order valence-corrected chi connectivity index (χ3v) is 10.9. The van der Waals surface area contributed by atoms with Gasteiger partial charge in [-0.2, -0.15) is 0 Å². The van der Waals surface area contributed by atoms with Gasteiger partial charge in [0.05, 0.1) is 0 Å². The fourth-order valence-corrected chi connectivity index (χ4v) is 8.51. The van der Waals surface area contributed by atoms with E-state index in [0.29, 0.717) is 17.5 Å². The molecule has 0 aliphatic heterocycles. The molecule has 0 spiro atoms. The molecule has 10 rings (SSSR count). The van der Waals surface area contributed by atoms with E-state index in [1.165, 1.54) is 58.6 Å². The Morgan fingerprint density at radius 2 is 0.902 bits per heavy atom. The highest BCUT2D eigenvalue weighted by molar-refractivity contribution is 7.26. The molecule has 3 nitrogen and oxygen atoms in total. The lowest BCUT2D eigenvalue weighted by Crippen LogP contribution is -2.00. The van der Waals surface area contributed by atoms with E-state index in [9.17, 15) is 0 Å². The molecule has 2 aromatic heterocycles. The molecule has 0 unspecified atom stereocenters. The number of rotatable bonds is 5. The van der Waals surface area contributed by atoms with Crippen LogP contribution in [0.1, 0.15) is 0 Å². The number of benzene rings is 8. The van der Waals surface area contributed by atoms with Gasteiger partial charge in [-0.15, -0.1) is 11.3 Å². The molecule has 10 aromatic rings. The van der Waals surface area contributed by atoms with Crippen molar-refractivity contribution in [2.75, 3.05) is 0 Å². The van der Waals surface area contributed by atoms with Gasteiger partial charge in [-0.25, -0.2) is 15.0 Å². The molecule has 0 N–H and O–H groups in total. The highest BCUT2D eigenvalue weighted by Crippen LogP contribution is 2.45. The maximum absolute atomic E-state index is 5.11. The van der Waals surface area contributed by atoms with E-state index < -0.39 is 0 Å². The minimum Gasteiger partial charge on any atom is -0.208 e. The highest BCUT2D eigenvalue weighted by atomic mass is 32.1. The Morgan fingerprint density at radius 3 is 1.63 bits per heavy atom. The van der Waals surface area contributed by atoms with Crippen LogP contribution in [0.2, 0.25) is 0 Å². The standard InChI is InChI=1S/C47H29N3S/c1-3-13-33(14-4-1)45-48-46(34-15-5-2-6-16-34)50-47(49-45)41-29-42-43(39-19-10-9-18-38(39)41)40-21-11-20-37(44(40)51-42)32-25-22-31(23-26-32)36-27-24-30-12-7-8-17-35(30)28-36/h1-29H. The van der Waals surface area contributed by atoms with Crippen LogP contribution >= 0.6 is 11.3 Å². The Bertz CT molecular complexity index is 2840. The molecular formula is C47H29N3S. The van der Waals surface area contributed by atoms with Crippen LogP contribution in [0.25, 0.3) is 98.1 Å². The van der Waals surface area contributed by atoms with Gasteiger partial charge in [0.2, 0.25) is 0 Å². The van der Waals surface area contributed by atoms with Crippen LogP contribution in [-0.4, -0.2) is 15.0 Å². The molecule has 238 valence electrons. The Kier molecular flexibility index (Phi) is 7.00. The molecule has 0 radical (unpaired) electrons. The number of thiophene rings is 1. The summed E-state index contributed by atoms with van der Waals surface area (Å²) >= 11 is 1.84. The summed E-state index contributed by atoms with van der Waals surface area (Å²) in [4.78, 5) is 15.2. The summed E-state index contributed by atoms with van der Waals surface area (Å²) in [6, 6.07) is 62.2. The quantitative estimate of drug-likeness (QED) is 0.183. The minimum atomic E-state index is 0.661. The van der Waals surface area contributed by atoms with Crippen LogP contribution in [0.3, 0.4) is 0 Å². The number of hydrogen-bond acceptors (Lipinski definition) is 4. The third-order valence-electron chi connectivity index (χ3n) is 9.72. The first-order valence-electron chi connectivity index (χ1n) is 17.1. The van der Waals surface area contributed by atoms with Crippen molar-refractivity contribution in [2.45, 2.75) is 0 Å². The first-order chi connectivity index (χ1) is 25.3. The number of fused-ring (bicyclic) bond motifs is 6. The van der Waals surface area contributed by atoms with Crippen LogP contribution in [0.4, 0.5) is 0 Å². The molecule has 0 saturated carbocycles. The lowest BCUT2D eigenvalue weighted by molar-refractivity contribution is 1.08. The summed E-state index contributed by atoms with van der Waals surface area (Å²) in [5, 5.41) is 7.37. The van der Waals surface area contributed by atoms with Gasteiger partial charge in [0.25, 0.3) is 0 Å². The number of nitrogens with zero attached hydrogens (tertiary/aromatic N) is 3. The van der Waals surface area contributed by atoms with E-state index in [0.717, 1.165) is 22.1 Å². The molecule has 0 aliphatic carbocycles. The molecule has 0 bridgehead atoms. The first kappa shape index (κ1) is 29.4. The zero-order valence-electron chi connectivity index (χ0n) is 27.5. The second-order valence-corrected chi connectivity index (χ2v) is 13.9. The van der Waals surface area contributed by atoms with Gasteiger partial charge < -0.3 is 0 Å².